The number of carbonyl (C=O) groups excluding carboxylic acids is 1. The van der Waals surface area contributed by atoms with E-state index in [1.807, 2.05) is 0 Å². The second-order valence-electron chi connectivity index (χ2n) is 6.85. The van der Waals surface area contributed by atoms with E-state index in [1.165, 1.54) is 66.7 Å². The minimum Gasteiger partial charge on any atom is -0.486 e. The molecule has 0 aliphatic carbocycles. The molecule has 1 aliphatic heterocycles. The molecular formula is C22H18F2N2O6S. The van der Waals surface area contributed by atoms with Gasteiger partial charge >= 0.3 is 6.61 Å². The van der Waals surface area contributed by atoms with Crippen molar-refractivity contribution in [3.05, 3.63) is 72.3 Å². The summed E-state index contributed by atoms with van der Waals surface area (Å²) in [7, 11) is -3.89. The van der Waals surface area contributed by atoms with Crippen LogP contribution >= 0.6 is 0 Å². The number of hydrogen-bond acceptors (Lipinski definition) is 6. The summed E-state index contributed by atoms with van der Waals surface area (Å²) < 4.78 is 67.3. The summed E-state index contributed by atoms with van der Waals surface area (Å²) in [6.45, 7) is -2.20. The van der Waals surface area contributed by atoms with Gasteiger partial charge in [-0.2, -0.15) is 8.78 Å². The third-order valence-electron chi connectivity index (χ3n) is 4.56. The fraction of sp³-hybridized carbons (Fsp3) is 0.136. The Hall–Kier alpha value is -3.86. The molecule has 0 fully saturated rings. The summed E-state index contributed by atoms with van der Waals surface area (Å²) in [6.07, 6.45) is 0. The van der Waals surface area contributed by atoms with Gasteiger partial charge in [-0.3, -0.25) is 9.52 Å². The lowest BCUT2D eigenvalue weighted by Crippen LogP contribution is -2.17. The molecule has 0 aromatic heterocycles. The molecule has 0 saturated carbocycles. The summed E-state index contributed by atoms with van der Waals surface area (Å²) in [6, 6.07) is 15.6. The number of rotatable bonds is 7. The fourth-order valence-electron chi connectivity index (χ4n) is 3.02. The standard InChI is InChI=1S/C22H18F2N2O6S/c23-22(24)32-17-7-5-15(6-8-17)25-21(27)14-1-3-16(4-2-14)26-33(28,29)18-9-10-19-20(13-18)31-12-11-30-19/h1-10,13,22,26H,11-12H2,(H,25,27). The molecule has 11 heteroatoms. The van der Waals surface area contributed by atoms with Crippen molar-refractivity contribution < 1.29 is 36.2 Å². The summed E-state index contributed by atoms with van der Waals surface area (Å²) in [5, 5.41) is 2.61. The number of halogens is 2. The Morgan fingerprint density at radius 1 is 0.879 bits per heavy atom. The van der Waals surface area contributed by atoms with E-state index >= 15 is 0 Å². The Bertz CT molecular complexity index is 1250. The molecule has 0 radical (unpaired) electrons. The van der Waals surface area contributed by atoms with Crippen LogP contribution in [0.5, 0.6) is 17.2 Å². The molecule has 2 N–H and O–H groups in total. The summed E-state index contributed by atoms with van der Waals surface area (Å²) in [5.74, 6) is 0.341. The van der Waals surface area contributed by atoms with Crippen molar-refractivity contribution >= 4 is 27.3 Å². The molecule has 0 saturated heterocycles. The number of nitrogens with one attached hydrogen (secondary N) is 2. The Balaban J connectivity index is 1.41. The van der Waals surface area contributed by atoms with Crippen LogP contribution in [0.4, 0.5) is 20.2 Å². The first kappa shape index (κ1) is 22.3. The van der Waals surface area contributed by atoms with Crippen LogP contribution in [0.1, 0.15) is 10.4 Å². The number of carbonyl (C=O) groups is 1. The van der Waals surface area contributed by atoms with Gasteiger partial charge in [-0.25, -0.2) is 8.42 Å². The second kappa shape index (κ2) is 9.33. The minimum atomic E-state index is -3.89. The zero-order valence-corrected chi connectivity index (χ0v) is 17.8. The number of anilines is 2. The number of alkyl halides is 2. The number of sulfonamides is 1. The van der Waals surface area contributed by atoms with Gasteiger partial charge in [0.2, 0.25) is 0 Å². The third kappa shape index (κ3) is 5.50. The third-order valence-corrected chi connectivity index (χ3v) is 5.94. The van der Waals surface area contributed by atoms with Crippen LogP contribution in [-0.4, -0.2) is 34.2 Å². The SMILES string of the molecule is O=C(Nc1ccc(OC(F)F)cc1)c1ccc(NS(=O)(=O)c2ccc3c(c2)OCCO3)cc1. The Kier molecular flexibility index (Phi) is 6.31. The molecule has 1 heterocycles. The zero-order valence-electron chi connectivity index (χ0n) is 17.0. The van der Waals surface area contributed by atoms with E-state index in [-0.39, 0.29) is 21.9 Å². The number of ether oxygens (including phenoxy) is 3. The highest BCUT2D eigenvalue weighted by molar-refractivity contribution is 7.92. The first-order valence-electron chi connectivity index (χ1n) is 9.69. The van der Waals surface area contributed by atoms with Crippen LogP contribution in [-0.2, 0) is 10.0 Å². The van der Waals surface area contributed by atoms with Crippen LogP contribution < -0.4 is 24.2 Å². The van der Waals surface area contributed by atoms with Crippen LogP contribution in [0.3, 0.4) is 0 Å². The zero-order chi connectivity index (χ0) is 23.4. The average Bonchev–Trinajstić information content (AvgIpc) is 2.80. The van der Waals surface area contributed by atoms with Crippen molar-refractivity contribution in [1.29, 1.82) is 0 Å². The first-order chi connectivity index (χ1) is 15.8. The predicted molar refractivity (Wildman–Crippen MR) is 116 cm³/mol. The molecule has 0 unspecified atom stereocenters. The maximum absolute atomic E-state index is 12.7. The van der Waals surface area contributed by atoms with E-state index in [0.29, 0.717) is 30.4 Å². The number of fused-ring (bicyclic) bond motifs is 1. The van der Waals surface area contributed by atoms with Crippen LogP contribution in [0.15, 0.2) is 71.6 Å². The quantitative estimate of drug-likeness (QED) is 0.532. The molecule has 1 amide bonds. The van der Waals surface area contributed by atoms with Gasteiger partial charge in [0.25, 0.3) is 15.9 Å². The predicted octanol–water partition coefficient (Wildman–Crippen LogP) is 4.11. The fourth-order valence-corrected chi connectivity index (χ4v) is 4.09. The van der Waals surface area contributed by atoms with E-state index in [1.54, 1.807) is 0 Å². The summed E-state index contributed by atoms with van der Waals surface area (Å²) in [5.41, 5.74) is 0.908. The van der Waals surface area contributed by atoms with Gasteiger partial charge in [0.15, 0.2) is 11.5 Å². The Morgan fingerprint density at radius 2 is 1.52 bits per heavy atom. The number of hydrogen-bond donors (Lipinski definition) is 2. The van der Waals surface area contributed by atoms with Crippen molar-refractivity contribution in [1.82, 2.24) is 0 Å². The van der Waals surface area contributed by atoms with E-state index in [0.717, 1.165) is 0 Å². The largest absolute Gasteiger partial charge is 0.486 e. The molecule has 0 spiro atoms. The van der Waals surface area contributed by atoms with E-state index in [4.69, 9.17) is 9.47 Å². The van der Waals surface area contributed by atoms with E-state index < -0.39 is 22.5 Å². The monoisotopic (exact) mass is 476 g/mol. The molecule has 3 aromatic carbocycles. The number of amides is 1. The van der Waals surface area contributed by atoms with Crippen LogP contribution in [0, 0.1) is 0 Å². The molecule has 0 bridgehead atoms. The van der Waals surface area contributed by atoms with Crippen molar-refractivity contribution in [3.8, 4) is 17.2 Å². The maximum atomic E-state index is 12.7. The van der Waals surface area contributed by atoms with Gasteiger partial charge in [0.1, 0.15) is 19.0 Å². The molecule has 4 rings (SSSR count). The highest BCUT2D eigenvalue weighted by Crippen LogP contribution is 2.32. The van der Waals surface area contributed by atoms with E-state index in [9.17, 15) is 22.0 Å². The lowest BCUT2D eigenvalue weighted by molar-refractivity contribution is -0.0498. The van der Waals surface area contributed by atoms with Crippen molar-refractivity contribution in [3.63, 3.8) is 0 Å². The van der Waals surface area contributed by atoms with Crippen molar-refractivity contribution in [2.45, 2.75) is 11.5 Å². The van der Waals surface area contributed by atoms with Gasteiger partial charge in [-0.15, -0.1) is 0 Å². The molecule has 33 heavy (non-hydrogen) atoms. The van der Waals surface area contributed by atoms with Crippen molar-refractivity contribution in [2.75, 3.05) is 23.3 Å². The normalized spacial score (nSPS) is 12.8. The Labute approximate surface area is 188 Å². The first-order valence-corrected chi connectivity index (χ1v) is 11.2. The maximum Gasteiger partial charge on any atom is 0.387 e. The van der Waals surface area contributed by atoms with Crippen LogP contribution in [0.25, 0.3) is 0 Å². The van der Waals surface area contributed by atoms with Gasteiger partial charge in [-0.1, -0.05) is 0 Å². The highest BCUT2D eigenvalue weighted by atomic mass is 32.2. The van der Waals surface area contributed by atoms with Gasteiger partial charge in [0.05, 0.1) is 4.90 Å². The molecule has 0 atom stereocenters. The summed E-state index contributed by atoms with van der Waals surface area (Å²) >= 11 is 0. The minimum absolute atomic E-state index is 0.00726. The number of benzene rings is 3. The second-order valence-corrected chi connectivity index (χ2v) is 8.53. The molecule has 1 aliphatic rings. The molecule has 3 aromatic rings. The van der Waals surface area contributed by atoms with E-state index in [2.05, 4.69) is 14.8 Å². The topological polar surface area (TPSA) is 103 Å². The van der Waals surface area contributed by atoms with Gasteiger partial charge < -0.3 is 19.5 Å². The summed E-state index contributed by atoms with van der Waals surface area (Å²) in [4.78, 5) is 12.4. The highest BCUT2D eigenvalue weighted by Gasteiger charge is 2.19. The molecule has 8 nitrogen and oxygen atoms in total. The average molecular weight is 476 g/mol. The van der Waals surface area contributed by atoms with Gasteiger partial charge in [-0.05, 0) is 60.7 Å². The Morgan fingerprint density at radius 3 is 2.18 bits per heavy atom. The molecule has 172 valence electrons. The lowest BCUT2D eigenvalue weighted by Gasteiger charge is -2.19. The lowest BCUT2D eigenvalue weighted by atomic mass is 10.2. The van der Waals surface area contributed by atoms with Crippen LogP contribution in [0.2, 0.25) is 0 Å². The molecular weight excluding hydrogens is 458 g/mol. The van der Waals surface area contributed by atoms with Gasteiger partial charge in [0, 0.05) is 23.0 Å². The smallest absolute Gasteiger partial charge is 0.387 e. The van der Waals surface area contributed by atoms with Crippen molar-refractivity contribution in [2.24, 2.45) is 0 Å².